The molecule has 16 heavy (non-hydrogen) atoms. The van der Waals surface area contributed by atoms with Crippen LogP contribution in [0, 0.1) is 0 Å². The fourth-order valence-electron chi connectivity index (χ4n) is 1.19. The normalized spacial score (nSPS) is 12.6. The number of halogens is 3. The fraction of sp³-hybridized carbons (Fsp3) is 0.455. The van der Waals surface area contributed by atoms with Crippen molar-refractivity contribution in [2.75, 3.05) is 5.73 Å². The van der Waals surface area contributed by atoms with Crippen molar-refractivity contribution < 1.29 is 17.9 Å². The van der Waals surface area contributed by atoms with Gasteiger partial charge >= 0.3 is 6.18 Å². The lowest BCUT2D eigenvalue weighted by molar-refractivity contribution is -0.139. The van der Waals surface area contributed by atoms with E-state index < -0.39 is 17.3 Å². The standard InChI is InChI=1S/C11H14F3NO/c1-10(2,3)16-9-5-4-7(15)6-8(9)11(12,13)14/h4-6H,15H2,1-3H3. The van der Waals surface area contributed by atoms with Gasteiger partial charge in [-0.05, 0) is 39.0 Å². The maximum atomic E-state index is 12.7. The monoisotopic (exact) mass is 233 g/mol. The Labute approximate surface area is 92.2 Å². The molecular weight excluding hydrogens is 219 g/mol. The third-order valence-electron chi connectivity index (χ3n) is 1.73. The van der Waals surface area contributed by atoms with Crippen LogP contribution in [0.4, 0.5) is 18.9 Å². The van der Waals surface area contributed by atoms with Crippen molar-refractivity contribution in [2.24, 2.45) is 0 Å². The van der Waals surface area contributed by atoms with Crippen molar-refractivity contribution in [3.8, 4) is 5.75 Å². The summed E-state index contributed by atoms with van der Waals surface area (Å²) in [6, 6.07) is 3.50. The predicted molar refractivity (Wildman–Crippen MR) is 56.2 cm³/mol. The van der Waals surface area contributed by atoms with Gasteiger partial charge in [-0.3, -0.25) is 0 Å². The van der Waals surface area contributed by atoms with E-state index in [1.165, 1.54) is 12.1 Å². The zero-order valence-electron chi connectivity index (χ0n) is 9.35. The Morgan fingerprint density at radius 1 is 1.12 bits per heavy atom. The van der Waals surface area contributed by atoms with Gasteiger partial charge in [0, 0.05) is 5.69 Å². The number of alkyl halides is 3. The summed E-state index contributed by atoms with van der Waals surface area (Å²) in [5.74, 6) is -0.200. The highest BCUT2D eigenvalue weighted by molar-refractivity contribution is 5.49. The molecule has 0 saturated carbocycles. The highest BCUT2D eigenvalue weighted by atomic mass is 19.4. The highest BCUT2D eigenvalue weighted by Crippen LogP contribution is 2.38. The van der Waals surface area contributed by atoms with Gasteiger partial charge in [-0.25, -0.2) is 0 Å². The highest BCUT2D eigenvalue weighted by Gasteiger charge is 2.35. The van der Waals surface area contributed by atoms with Gasteiger partial charge in [0.15, 0.2) is 0 Å². The maximum absolute atomic E-state index is 12.7. The number of hydrogen-bond donors (Lipinski definition) is 1. The van der Waals surface area contributed by atoms with Crippen LogP contribution in [0.15, 0.2) is 18.2 Å². The van der Waals surface area contributed by atoms with Crippen LogP contribution in [0.25, 0.3) is 0 Å². The quantitative estimate of drug-likeness (QED) is 0.754. The molecule has 0 aliphatic carbocycles. The number of nitrogen functional groups attached to an aromatic ring is 1. The summed E-state index contributed by atoms with van der Waals surface area (Å²) >= 11 is 0. The molecule has 0 saturated heterocycles. The first-order chi connectivity index (χ1) is 7.09. The second-order valence-corrected chi connectivity index (χ2v) is 4.47. The predicted octanol–water partition coefficient (Wildman–Crippen LogP) is 3.46. The lowest BCUT2D eigenvalue weighted by Gasteiger charge is -2.24. The van der Waals surface area contributed by atoms with Gasteiger partial charge in [-0.2, -0.15) is 13.2 Å². The molecule has 1 rings (SSSR count). The molecule has 2 N–H and O–H groups in total. The van der Waals surface area contributed by atoms with E-state index in [9.17, 15) is 13.2 Å². The molecule has 90 valence electrons. The van der Waals surface area contributed by atoms with E-state index in [0.29, 0.717) is 0 Å². The first-order valence-corrected chi connectivity index (χ1v) is 4.75. The zero-order chi connectivity index (χ0) is 12.6. The number of benzene rings is 1. The third-order valence-corrected chi connectivity index (χ3v) is 1.73. The second kappa shape index (κ2) is 3.88. The smallest absolute Gasteiger partial charge is 0.420 e. The van der Waals surface area contributed by atoms with E-state index in [2.05, 4.69) is 0 Å². The fourth-order valence-corrected chi connectivity index (χ4v) is 1.19. The van der Waals surface area contributed by atoms with Gasteiger partial charge < -0.3 is 10.5 Å². The Bertz CT molecular complexity index is 380. The molecule has 0 spiro atoms. The van der Waals surface area contributed by atoms with Gasteiger partial charge in [0.1, 0.15) is 11.4 Å². The minimum Gasteiger partial charge on any atom is -0.488 e. The van der Waals surface area contributed by atoms with Crippen molar-refractivity contribution in [1.82, 2.24) is 0 Å². The lowest BCUT2D eigenvalue weighted by Crippen LogP contribution is -2.24. The number of nitrogens with two attached hydrogens (primary N) is 1. The summed E-state index contributed by atoms with van der Waals surface area (Å²) in [6.07, 6.45) is -4.46. The Kier molecular flexibility index (Phi) is 3.08. The van der Waals surface area contributed by atoms with Crippen LogP contribution in [0.2, 0.25) is 0 Å². The van der Waals surface area contributed by atoms with Crippen molar-refractivity contribution >= 4 is 5.69 Å². The Morgan fingerprint density at radius 2 is 1.69 bits per heavy atom. The van der Waals surface area contributed by atoms with Crippen LogP contribution in [-0.2, 0) is 6.18 Å². The maximum Gasteiger partial charge on any atom is 0.420 e. The van der Waals surface area contributed by atoms with Gasteiger partial charge in [0.2, 0.25) is 0 Å². The third kappa shape index (κ3) is 3.32. The Hall–Kier alpha value is -1.39. The van der Waals surface area contributed by atoms with E-state index in [4.69, 9.17) is 10.5 Å². The minimum atomic E-state index is -4.46. The van der Waals surface area contributed by atoms with Crippen molar-refractivity contribution in [2.45, 2.75) is 32.5 Å². The molecule has 0 fully saturated rings. The molecule has 0 atom stereocenters. The van der Waals surface area contributed by atoms with E-state index in [0.717, 1.165) is 6.07 Å². The zero-order valence-corrected chi connectivity index (χ0v) is 9.35. The van der Waals surface area contributed by atoms with Crippen LogP contribution in [0.1, 0.15) is 26.3 Å². The molecule has 0 radical (unpaired) electrons. The number of rotatable bonds is 1. The molecule has 1 aromatic carbocycles. The number of anilines is 1. The first kappa shape index (κ1) is 12.7. The number of hydrogen-bond acceptors (Lipinski definition) is 2. The van der Waals surface area contributed by atoms with Crippen molar-refractivity contribution in [1.29, 1.82) is 0 Å². The largest absolute Gasteiger partial charge is 0.488 e. The SMILES string of the molecule is CC(C)(C)Oc1ccc(N)cc1C(F)(F)F. The van der Waals surface area contributed by atoms with Crippen LogP contribution in [-0.4, -0.2) is 5.60 Å². The molecule has 0 heterocycles. The van der Waals surface area contributed by atoms with Gasteiger partial charge in [0.25, 0.3) is 0 Å². The lowest BCUT2D eigenvalue weighted by atomic mass is 10.1. The molecule has 0 bridgehead atoms. The molecule has 5 heteroatoms. The molecule has 0 aliphatic heterocycles. The summed E-state index contributed by atoms with van der Waals surface area (Å²) in [7, 11) is 0. The molecular formula is C11H14F3NO. The molecule has 1 aromatic rings. The van der Waals surface area contributed by atoms with E-state index in [1.54, 1.807) is 20.8 Å². The van der Waals surface area contributed by atoms with Gasteiger partial charge in [0.05, 0.1) is 5.56 Å². The number of ether oxygens (including phenoxy) is 1. The summed E-state index contributed by atoms with van der Waals surface area (Å²) in [5, 5.41) is 0. The van der Waals surface area contributed by atoms with Crippen molar-refractivity contribution in [3.05, 3.63) is 23.8 Å². The Morgan fingerprint density at radius 3 is 2.12 bits per heavy atom. The minimum absolute atomic E-state index is 0.0635. The van der Waals surface area contributed by atoms with Crippen molar-refractivity contribution in [3.63, 3.8) is 0 Å². The van der Waals surface area contributed by atoms with Gasteiger partial charge in [-0.15, -0.1) is 0 Å². The topological polar surface area (TPSA) is 35.2 Å². The molecule has 0 aliphatic rings. The summed E-state index contributed by atoms with van der Waals surface area (Å²) < 4.78 is 43.2. The van der Waals surface area contributed by atoms with E-state index in [-0.39, 0.29) is 11.4 Å². The molecule has 0 unspecified atom stereocenters. The van der Waals surface area contributed by atoms with Gasteiger partial charge in [-0.1, -0.05) is 0 Å². The van der Waals surface area contributed by atoms with E-state index >= 15 is 0 Å². The summed E-state index contributed by atoms with van der Waals surface area (Å²) in [4.78, 5) is 0. The molecule has 2 nitrogen and oxygen atoms in total. The summed E-state index contributed by atoms with van der Waals surface area (Å²) in [6.45, 7) is 5.05. The first-order valence-electron chi connectivity index (χ1n) is 4.75. The van der Waals surface area contributed by atoms with E-state index in [1.807, 2.05) is 0 Å². The van der Waals surface area contributed by atoms with Crippen LogP contribution >= 0.6 is 0 Å². The average molecular weight is 233 g/mol. The molecule has 0 amide bonds. The van der Waals surface area contributed by atoms with Crippen LogP contribution in [0.3, 0.4) is 0 Å². The molecule has 0 aromatic heterocycles. The average Bonchev–Trinajstić information content (AvgIpc) is 2.04. The van der Waals surface area contributed by atoms with Crippen LogP contribution < -0.4 is 10.5 Å². The Balaban J connectivity index is 3.19. The second-order valence-electron chi connectivity index (χ2n) is 4.47. The summed E-state index contributed by atoms with van der Waals surface area (Å²) in [5.41, 5.74) is 3.87. The van der Waals surface area contributed by atoms with Crippen LogP contribution in [0.5, 0.6) is 5.75 Å².